The number of amides is 1. The number of hydrogen-bond donors (Lipinski definition) is 1. The second-order valence-electron chi connectivity index (χ2n) is 3.28. The quantitative estimate of drug-likeness (QED) is 0.871. The van der Waals surface area contributed by atoms with Gasteiger partial charge in [0.15, 0.2) is 0 Å². The number of rotatable bonds is 2. The molecular formula is C11H7ClN4O. The van der Waals surface area contributed by atoms with Gasteiger partial charge in [-0.1, -0.05) is 11.6 Å². The number of aromatic nitrogens is 2. The molecule has 1 heterocycles. The molecule has 0 bridgehead atoms. The summed E-state index contributed by atoms with van der Waals surface area (Å²) in [7, 11) is 0. The first kappa shape index (κ1) is 11.2. The van der Waals surface area contributed by atoms with Crippen LogP contribution < -0.4 is 5.73 Å². The topological polar surface area (TPSA) is 84.7 Å². The number of carbonyl (C=O) groups excluding carboxylic acids is 1. The fourth-order valence-electron chi connectivity index (χ4n) is 1.39. The van der Waals surface area contributed by atoms with Crippen molar-refractivity contribution >= 4 is 17.5 Å². The van der Waals surface area contributed by atoms with Crippen LogP contribution in [0.15, 0.2) is 30.5 Å². The molecule has 0 spiro atoms. The summed E-state index contributed by atoms with van der Waals surface area (Å²) in [6, 6.07) is 8.32. The molecule has 0 atom stereocenters. The van der Waals surface area contributed by atoms with E-state index in [4.69, 9.17) is 22.6 Å². The Bertz CT molecular complexity index is 627. The molecule has 1 aromatic carbocycles. The largest absolute Gasteiger partial charge is 0.364 e. The van der Waals surface area contributed by atoms with Gasteiger partial charge in [0.1, 0.15) is 11.8 Å². The minimum absolute atomic E-state index is 0.142. The number of nitrogens with two attached hydrogens (primary N) is 1. The Kier molecular flexibility index (Phi) is 2.81. The molecule has 0 saturated carbocycles. The van der Waals surface area contributed by atoms with E-state index in [1.165, 1.54) is 16.8 Å². The van der Waals surface area contributed by atoms with Crippen molar-refractivity contribution in [2.45, 2.75) is 0 Å². The zero-order valence-corrected chi connectivity index (χ0v) is 9.35. The van der Waals surface area contributed by atoms with E-state index in [2.05, 4.69) is 5.10 Å². The molecule has 0 fully saturated rings. The van der Waals surface area contributed by atoms with Crippen molar-refractivity contribution in [2.75, 3.05) is 0 Å². The van der Waals surface area contributed by atoms with Crippen molar-refractivity contribution < 1.29 is 4.79 Å². The first-order valence-corrected chi connectivity index (χ1v) is 5.05. The van der Waals surface area contributed by atoms with E-state index < -0.39 is 5.91 Å². The second-order valence-corrected chi connectivity index (χ2v) is 3.72. The van der Waals surface area contributed by atoms with E-state index >= 15 is 0 Å². The summed E-state index contributed by atoms with van der Waals surface area (Å²) in [6.45, 7) is 0. The Balaban J connectivity index is 2.53. The van der Waals surface area contributed by atoms with Crippen LogP contribution in [0.5, 0.6) is 0 Å². The monoisotopic (exact) mass is 246 g/mol. The van der Waals surface area contributed by atoms with E-state index in [0.717, 1.165) is 0 Å². The van der Waals surface area contributed by atoms with E-state index in [1.54, 1.807) is 18.3 Å². The van der Waals surface area contributed by atoms with Crippen LogP contribution >= 0.6 is 11.6 Å². The van der Waals surface area contributed by atoms with Crippen molar-refractivity contribution in [3.8, 4) is 11.8 Å². The first-order chi connectivity index (χ1) is 8.11. The summed E-state index contributed by atoms with van der Waals surface area (Å²) < 4.78 is 1.41. The van der Waals surface area contributed by atoms with Gasteiger partial charge in [0.05, 0.1) is 11.3 Å². The van der Waals surface area contributed by atoms with Gasteiger partial charge in [-0.25, -0.2) is 4.68 Å². The molecule has 0 unspecified atom stereocenters. The molecule has 2 rings (SSSR count). The molecule has 0 aliphatic heterocycles. The van der Waals surface area contributed by atoms with Crippen molar-refractivity contribution in [1.29, 1.82) is 5.26 Å². The zero-order chi connectivity index (χ0) is 12.4. The molecule has 6 heteroatoms. The molecule has 0 saturated heterocycles. The van der Waals surface area contributed by atoms with Gasteiger partial charge in [-0.2, -0.15) is 10.4 Å². The smallest absolute Gasteiger partial charge is 0.269 e. The van der Waals surface area contributed by atoms with Gasteiger partial charge in [-0.3, -0.25) is 4.79 Å². The lowest BCUT2D eigenvalue weighted by atomic mass is 10.2. The maximum absolute atomic E-state index is 10.9. The average molecular weight is 247 g/mol. The number of hydrogen-bond acceptors (Lipinski definition) is 3. The number of halogens is 1. The molecule has 5 nitrogen and oxygen atoms in total. The van der Waals surface area contributed by atoms with Gasteiger partial charge in [0.25, 0.3) is 5.91 Å². The molecule has 84 valence electrons. The third kappa shape index (κ3) is 2.12. The van der Waals surface area contributed by atoms with Gasteiger partial charge >= 0.3 is 0 Å². The maximum Gasteiger partial charge on any atom is 0.269 e. The number of primary amides is 1. The number of nitrogens with zero attached hydrogens (tertiary/aromatic N) is 3. The SMILES string of the molecule is N#Cc1cc(Cl)ccc1-n1ccc(C(N)=O)n1. The normalized spacial score (nSPS) is 9.88. The van der Waals surface area contributed by atoms with Crippen molar-refractivity contribution in [3.05, 3.63) is 46.7 Å². The minimum Gasteiger partial charge on any atom is -0.364 e. The van der Waals surface area contributed by atoms with Crippen LogP contribution in [-0.4, -0.2) is 15.7 Å². The highest BCUT2D eigenvalue weighted by atomic mass is 35.5. The van der Waals surface area contributed by atoms with Gasteiger partial charge < -0.3 is 5.73 Å². The minimum atomic E-state index is -0.615. The second kappa shape index (κ2) is 4.28. The van der Waals surface area contributed by atoms with Crippen LogP contribution in [0.3, 0.4) is 0 Å². The Morgan fingerprint density at radius 1 is 1.47 bits per heavy atom. The molecule has 0 radical (unpaired) electrons. The number of benzene rings is 1. The Labute approximate surface area is 102 Å². The average Bonchev–Trinajstić information content (AvgIpc) is 2.78. The molecular weight excluding hydrogens is 240 g/mol. The van der Waals surface area contributed by atoms with E-state index in [9.17, 15) is 4.79 Å². The van der Waals surface area contributed by atoms with Crippen molar-refractivity contribution in [2.24, 2.45) is 5.73 Å². The number of carbonyl (C=O) groups is 1. The Morgan fingerprint density at radius 3 is 2.82 bits per heavy atom. The highest BCUT2D eigenvalue weighted by molar-refractivity contribution is 6.30. The van der Waals surface area contributed by atoms with Gasteiger partial charge in [-0.15, -0.1) is 0 Å². The molecule has 1 amide bonds. The predicted octanol–water partition coefficient (Wildman–Crippen LogP) is 1.50. The van der Waals surface area contributed by atoms with Gasteiger partial charge in [0, 0.05) is 11.2 Å². The molecule has 0 aliphatic carbocycles. The lowest BCUT2D eigenvalue weighted by Gasteiger charge is -2.03. The lowest BCUT2D eigenvalue weighted by molar-refractivity contribution is 0.0995. The highest BCUT2D eigenvalue weighted by Gasteiger charge is 2.09. The predicted molar refractivity (Wildman–Crippen MR) is 61.8 cm³/mol. The fraction of sp³-hybridized carbons (Fsp3) is 0. The van der Waals surface area contributed by atoms with Crippen LogP contribution in [0.25, 0.3) is 5.69 Å². The van der Waals surface area contributed by atoms with Crippen LogP contribution in [0.2, 0.25) is 5.02 Å². The van der Waals surface area contributed by atoms with Crippen LogP contribution in [0.1, 0.15) is 16.1 Å². The summed E-state index contributed by atoms with van der Waals surface area (Å²) in [4.78, 5) is 10.9. The van der Waals surface area contributed by atoms with E-state index in [-0.39, 0.29) is 5.69 Å². The Hall–Kier alpha value is -2.32. The van der Waals surface area contributed by atoms with E-state index in [1.807, 2.05) is 6.07 Å². The summed E-state index contributed by atoms with van der Waals surface area (Å²) in [5.41, 5.74) is 6.16. The van der Waals surface area contributed by atoms with Crippen LogP contribution in [-0.2, 0) is 0 Å². The lowest BCUT2D eigenvalue weighted by Crippen LogP contribution is -2.12. The number of nitriles is 1. The van der Waals surface area contributed by atoms with Crippen LogP contribution in [0, 0.1) is 11.3 Å². The first-order valence-electron chi connectivity index (χ1n) is 4.67. The molecule has 1 aromatic heterocycles. The van der Waals surface area contributed by atoms with Crippen LogP contribution in [0.4, 0.5) is 0 Å². The summed E-state index contributed by atoms with van der Waals surface area (Å²) in [6.07, 6.45) is 1.56. The summed E-state index contributed by atoms with van der Waals surface area (Å²) >= 11 is 5.78. The summed E-state index contributed by atoms with van der Waals surface area (Å²) in [5, 5.41) is 13.4. The standard InChI is InChI=1S/C11H7ClN4O/c12-8-1-2-10(7(5-8)6-13)16-4-3-9(15-16)11(14)17/h1-5H,(H2,14,17). The Morgan fingerprint density at radius 2 is 2.24 bits per heavy atom. The third-order valence-corrected chi connectivity index (χ3v) is 2.40. The van der Waals surface area contributed by atoms with Crippen molar-refractivity contribution in [1.82, 2.24) is 9.78 Å². The zero-order valence-electron chi connectivity index (χ0n) is 8.59. The molecule has 2 N–H and O–H groups in total. The maximum atomic E-state index is 10.9. The third-order valence-electron chi connectivity index (χ3n) is 2.17. The van der Waals surface area contributed by atoms with E-state index in [0.29, 0.717) is 16.3 Å². The summed E-state index contributed by atoms with van der Waals surface area (Å²) in [5.74, 6) is -0.615. The van der Waals surface area contributed by atoms with Gasteiger partial charge in [0.2, 0.25) is 0 Å². The molecule has 17 heavy (non-hydrogen) atoms. The molecule has 2 aromatic rings. The van der Waals surface area contributed by atoms with Gasteiger partial charge in [-0.05, 0) is 24.3 Å². The fourth-order valence-corrected chi connectivity index (χ4v) is 1.56. The van der Waals surface area contributed by atoms with Crippen molar-refractivity contribution in [3.63, 3.8) is 0 Å². The molecule has 0 aliphatic rings. The highest BCUT2D eigenvalue weighted by Crippen LogP contribution is 2.18.